The fourth-order valence-corrected chi connectivity index (χ4v) is 1.99. The van der Waals surface area contributed by atoms with Crippen LogP contribution in [0.15, 0.2) is 12.2 Å². The Bertz CT molecular complexity index is 237. The molecule has 2 N–H and O–H groups in total. The van der Waals surface area contributed by atoms with E-state index in [1.54, 1.807) is 0 Å². The van der Waals surface area contributed by atoms with E-state index < -0.39 is 5.41 Å². The first-order valence-electron chi connectivity index (χ1n) is 4.36. The van der Waals surface area contributed by atoms with Gasteiger partial charge in [-0.3, -0.25) is 4.79 Å². The van der Waals surface area contributed by atoms with Gasteiger partial charge in [0.25, 0.3) is 0 Å². The minimum absolute atomic E-state index is 0.0440. The third-order valence-corrected chi connectivity index (χ3v) is 2.85. The van der Waals surface area contributed by atoms with E-state index in [1.807, 2.05) is 12.2 Å². The Kier molecular flexibility index (Phi) is 1.68. The smallest absolute Gasteiger partial charge is 0.317 e. The monoisotopic (exact) mass is 167 g/mol. The first-order valence-corrected chi connectivity index (χ1v) is 4.36. The quantitative estimate of drug-likeness (QED) is 0.424. The standard InChI is InChI=1S/C9H13NO2/c10-7-3-1-2-4-9(7)5-6-12-8(9)11/h2,4,7H,1,3,5-6,10H2. The molecule has 2 aliphatic rings. The Hall–Kier alpha value is -0.830. The molecule has 1 aliphatic heterocycles. The average Bonchev–Trinajstić information content (AvgIpc) is 2.41. The number of ether oxygens (including phenoxy) is 1. The summed E-state index contributed by atoms with van der Waals surface area (Å²) in [5.74, 6) is -0.133. The summed E-state index contributed by atoms with van der Waals surface area (Å²) in [6.07, 6.45) is 6.61. The predicted octanol–water partition coefficient (Wildman–Crippen LogP) is 0.597. The lowest BCUT2D eigenvalue weighted by Gasteiger charge is -2.30. The Labute approximate surface area is 71.6 Å². The van der Waals surface area contributed by atoms with Crippen LogP contribution in [-0.4, -0.2) is 18.6 Å². The lowest BCUT2D eigenvalue weighted by atomic mass is 9.74. The van der Waals surface area contributed by atoms with E-state index in [2.05, 4.69) is 0 Å². The van der Waals surface area contributed by atoms with E-state index in [4.69, 9.17) is 10.5 Å². The Morgan fingerprint density at radius 3 is 3.08 bits per heavy atom. The van der Waals surface area contributed by atoms with Crippen LogP contribution in [0.4, 0.5) is 0 Å². The Morgan fingerprint density at radius 2 is 2.50 bits per heavy atom. The summed E-state index contributed by atoms with van der Waals surface area (Å²) in [4.78, 5) is 11.4. The molecule has 3 nitrogen and oxygen atoms in total. The Balaban J connectivity index is 2.32. The van der Waals surface area contributed by atoms with Crippen LogP contribution in [0.3, 0.4) is 0 Å². The fourth-order valence-electron chi connectivity index (χ4n) is 1.99. The molecule has 1 spiro atoms. The number of allylic oxidation sites excluding steroid dienone is 1. The van der Waals surface area contributed by atoms with Gasteiger partial charge in [-0.15, -0.1) is 0 Å². The highest BCUT2D eigenvalue weighted by Gasteiger charge is 2.47. The zero-order chi connectivity index (χ0) is 8.60. The highest BCUT2D eigenvalue weighted by atomic mass is 16.5. The number of nitrogens with two attached hydrogens (primary N) is 1. The first kappa shape index (κ1) is 7.80. The molecular weight excluding hydrogens is 154 g/mol. The molecule has 12 heavy (non-hydrogen) atoms. The molecule has 66 valence electrons. The summed E-state index contributed by atoms with van der Waals surface area (Å²) in [6.45, 7) is 0.525. The molecule has 0 aromatic carbocycles. The molecule has 0 saturated carbocycles. The summed E-state index contributed by atoms with van der Waals surface area (Å²) in [5, 5.41) is 0. The first-order chi connectivity index (χ1) is 5.76. The van der Waals surface area contributed by atoms with Crippen LogP contribution in [0.2, 0.25) is 0 Å². The van der Waals surface area contributed by atoms with E-state index in [1.165, 1.54) is 0 Å². The van der Waals surface area contributed by atoms with Gasteiger partial charge in [0.1, 0.15) is 5.41 Å². The van der Waals surface area contributed by atoms with Crippen molar-refractivity contribution in [1.82, 2.24) is 0 Å². The van der Waals surface area contributed by atoms with Crippen molar-refractivity contribution < 1.29 is 9.53 Å². The lowest BCUT2D eigenvalue weighted by Crippen LogP contribution is -2.45. The zero-order valence-corrected chi connectivity index (χ0v) is 6.95. The van der Waals surface area contributed by atoms with Crippen LogP contribution in [0.5, 0.6) is 0 Å². The van der Waals surface area contributed by atoms with E-state index in [0.29, 0.717) is 6.61 Å². The highest BCUT2D eigenvalue weighted by molar-refractivity contribution is 5.82. The Morgan fingerprint density at radius 1 is 1.67 bits per heavy atom. The van der Waals surface area contributed by atoms with Crippen molar-refractivity contribution in [2.24, 2.45) is 11.1 Å². The van der Waals surface area contributed by atoms with Gasteiger partial charge < -0.3 is 10.5 Å². The highest BCUT2D eigenvalue weighted by Crippen LogP contribution is 2.38. The number of carbonyl (C=O) groups excluding carboxylic acids is 1. The van der Waals surface area contributed by atoms with Crippen molar-refractivity contribution in [3.8, 4) is 0 Å². The van der Waals surface area contributed by atoms with E-state index >= 15 is 0 Å². The van der Waals surface area contributed by atoms with Crippen molar-refractivity contribution in [2.45, 2.75) is 25.3 Å². The minimum Gasteiger partial charge on any atom is -0.465 e. The van der Waals surface area contributed by atoms with Crippen molar-refractivity contribution in [2.75, 3.05) is 6.61 Å². The third-order valence-electron chi connectivity index (χ3n) is 2.85. The molecule has 1 saturated heterocycles. The maximum Gasteiger partial charge on any atom is 0.317 e. The third kappa shape index (κ3) is 0.894. The van der Waals surface area contributed by atoms with Gasteiger partial charge in [0, 0.05) is 12.5 Å². The second-order valence-electron chi connectivity index (χ2n) is 3.51. The molecule has 1 aliphatic carbocycles. The summed E-state index contributed by atoms with van der Waals surface area (Å²) in [6, 6.07) is -0.0440. The molecule has 1 heterocycles. The number of hydrogen-bond acceptors (Lipinski definition) is 3. The average molecular weight is 167 g/mol. The number of hydrogen-bond donors (Lipinski definition) is 1. The fraction of sp³-hybridized carbons (Fsp3) is 0.667. The molecule has 2 rings (SSSR count). The van der Waals surface area contributed by atoms with E-state index in [0.717, 1.165) is 19.3 Å². The molecule has 0 radical (unpaired) electrons. The van der Waals surface area contributed by atoms with Crippen LogP contribution in [-0.2, 0) is 9.53 Å². The van der Waals surface area contributed by atoms with Gasteiger partial charge in [-0.25, -0.2) is 0 Å². The van der Waals surface area contributed by atoms with Gasteiger partial charge in [0.2, 0.25) is 0 Å². The summed E-state index contributed by atoms with van der Waals surface area (Å²) >= 11 is 0. The maximum atomic E-state index is 11.4. The number of cyclic esters (lactones) is 1. The van der Waals surface area contributed by atoms with Crippen LogP contribution in [0.25, 0.3) is 0 Å². The van der Waals surface area contributed by atoms with Gasteiger partial charge in [-0.05, 0) is 12.8 Å². The van der Waals surface area contributed by atoms with Crippen LogP contribution in [0.1, 0.15) is 19.3 Å². The summed E-state index contributed by atoms with van der Waals surface area (Å²) in [7, 11) is 0. The van der Waals surface area contributed by atoms with Crippen LogP contribution in [0, 0.1) is 5.41 Å². The summed E-state index contributed by atoms with van der Waals surface area (Å²) in [5.41, 5.74) is 5.44. The number of esters is 1. The zero-order valence-electron chi connectivity index (χ0n) is 6.95. The van der Waals surface area contributed by atoms with Gasteiger partial charge in [0.15, 0.2) is 0 Å². The minimum atomic E-state index is -0.474. The van der Waals surface area contributed by atoms with Crippen molar-refractivity contribution in [3.05, 3.63) is 12.2 Å². The predicted molar refractivity (Wildman–Crippen MR) is 44.4 cm³/mol. The van der Waals surface area contributed by atoms with Gasteiger partial charge in [-0.2, -0.15) is 0 Å². The number of carbonyl (C=O) groups is 1. The van der Waals surface area contributed by atoms with Crippen molar-refractivity contribution >= 4 is 5.97 Å². The molecule has 0 bridgehead atoms. The van der Waals surface area contributed by atoms with Gasteiger partial charge in [-0.1, -0.05) is 12.2 Å². The molecular formula is C9H13NO2. The van der Waals surface area contributed by atoms with Crippen LogP contribution < -0.4 is 5.73 Å². The van der Waals surface area contributed by atoms with Crippen molar-refractivity contribution in [1.29, 1.82) is 0 Å². The van der Waals surface area contributed by atoms with Gasteiger partial charge >= 0.3 is 5.97 Å². The SMILES string of the molecule is NC1CCC=CC12CCOC2=O. The normalized spacial score (nSPS) is 40.4. The molecule has 2 atom stereocenters. The van der Waals surface area contributed by atoms with E-state index in [9.17, 15) is 4.79 Å². The molecule has 0 aromatic heterocycles. The topological polar surface area (TPSA) is 52.3 Å². The molecule has 3 heteroatoms. The second-order valence-corrected chi connectivity index (χ2v) is 3.51. The van der Waals surface area contributed by atoms with Gasteiger partial charge in [0.05, 0.1) is 6.61 Å². The second kappa shape index (κ2) is 2.59. The molecule has 2 unspecified atom stereocenters. The van der Waals surface area contributed by atoms with Crippen molar-refractivity contribution in [3.63, 3.8) is 0 Å². The molecule has 1 fully saturated rings. The maximum absolute atomic E-state index is 11.4. The molecule has 0 aromatic rings. The van der Waals surface area contributed by atoms with E-state index in [-0.39, 0.29) is 12.0 Å². The summed E-state index contributed by atoms with van der Waals surface area (Å²) < 4.78 is 4.95. The number of rotatable bonds is 0. The lowest BCUT2D eigenvalue weighted by molar-refractivity contribution is -0.145. The van der Waals surface area contributed by atoms with Crippen LogP contribution >= 0.6 is 0 Å². The largest absolute Gasteiger partial charge is 0.465 e. The molecule has 0 amide bonds.